The zero-order valence-corrected chi connectivity index (χ0v) is 21.5. The summed E-state index contributed by atoms with van der Waals surface area (Å²) < 4.78 is 0. The van der Waals surface area contributed by atoms with Gasteiger partial charge in [0.05, 0.1) is 0 Å². The van der Waals surface area contributed by atoms with Crippen LogP contribution in [0.15, 0.2) is 23.8 Å². The third kappa shape index (κ3) is 7.55. The summed E-state index contributed by atoms with van der Waals surface area (Å²) in [5.41, 5.74) is 0.605. The van der Waals surface area contributed by atoms with Crippen LogP contribution in [-0.2, 0) is 9.59 Å². The third-order valence-electron chi connectivity index (χ3n) is 8.40. The molecule has 186 valence electrons. The fourth-order valence-corrected chi connectivity index (χ4v) is 6.48. The van der Waals surface area contributed by atoms with Crippen LogP contribution in [0.5, 0.6) is 0 Å². The lowest BCUT2D eigenvalue weighted by Crippen LogP contribution is -2.47. The van der Waals surface area contributed by atoms with Crippen molar-refractivity contribution in [3.8, 4) is 0 Å². The standard InChI is InChI=1S/C30H49NO2/c1-3-4-5-6-7-8-9-10-11-12-13-14-15-16-17-18-19-27-25-20-21-26(23-25)29(27)31-28(32)22-24(2)30(31)33/h20-22,25-27,29H,3-19,23H2,1-2H3. The summed E-state index contributed by atoms with van der Waals surface area (Å²) in [5, 5.41) is 0. The van der Waals surface area contributed by atoms with E-state index in [9.17, 15) is 9.59 Å². The molecule has 0 radical (unpaired) electrons. The number of rotatable bonds is 18. The summed E-state index contributed by atoms with van der Waals surface area (Å²) in [7, 11) is 0. The van der Waals surface area contributed by atoms with Gasteiger partial charge in [-0.2, -0.15) is 0 Å². The topological polar surface area (TPSA) is 37.4 Å². The van der Waals surface area contributed by atoms with E-state index in [2.05, 4.69) is 19.1 Å². The van der Waals surface area contributed by atoms with Crippen LogP contribution in [0.1, 0.15) is 129 Å². The maximum Gasteiger partial charge on any atom is 0.256 e. The predicted molar refractivity (Wildman–Crippen MR) is 138 cm³/mol. The van der Waals surface area contributed by atoms with E-state index in [1.807, 2.05) is 0 Å². The van der Waals surface area contributed by atoms with Gasteiger partial charge in [0.15, 0.2) is 0 Å². The lowest BCUT2D eigenvalue weighted by atomic mass is 9.83. The molecule has 2 aliphatic carbocycles. The van der Waals surface area contributed by atoms with Crippen LogP contribution in [0.2, 0.25) is 0 Å². The first-order chi connectivity index (χ1) is 16.1. The second kappa shape index (κ2) is 14.1. The van der Waals surface area contributed by atoms with Crippen molar-refractivity contribution in [1.29, 1.82) is 0 Å². The Morgan fingerprint density at radius 1 is 0.727 bits per heavy atom. The van der Waals surface area contributed by atoms with Gasteiger partial charge in [-0.05, 0) is 37.5 Å². The van der Waals surface area contributed by atoms with Gasteiger partial charge in [-0.3, -0.25) is 14.5 Å². The van der Waals surface area contributed by atoms with Gasteiger partial charge in [0.2, 0.25) is 0 Å². The van der Waals surface area contributed by atoms with Crippen LogP contribution in [-0.4, -0.2) is 22.8 Å². The van der Waals surface area contributed by atoms with E-state index in [0.29, 0.717) is 23.3 Å². The Labute approximate surface area is 203 Å². The molecule has 4 unspecified atom stereocenters. The summed E-state index contributed by atoms with van der Waals surface area (Å²) >= 11 is 0. The minimum Gasteiger partial charge on any atom is -0.271 e. The second-order valence-electron chi connectivity index (χ2n) is 11.0. The maximum absolute atomic E-state index is 12.6. The first kappa shape index (κ1) is 26.2. The Morgan fingerprint density at radius 3 is 1.70 bits per heavy atom. The molecule has 3 nitrogen and oxygen atoms in total. The summed E-state index contributed by atoms with van der Waals surface area (Å²) in [6.07, 6.45) is 30.7. The van der Waals surface area contributed by atoms with Crippen LogP contribution in [0.25, 0.3) is 0 Å². The van der Waals surface area contributed by atoms with E-state index in [0.717, 1.165) is 12.8 Å². The van der Waals surface area contributed by atoms with Crippen molar-refractivity contribution in [2.75, 3.05) is 0 Å². The summed E-state index contributed by atoms with van der Waals surface area (Å²) in [6.45, 7) is 4.06. The fourth-order valence-electron chi connectivity index (χ4n) is 6.48. The average molecular weight is 456 g/mol. The number of imide groups is 1. The van der Waals surface area contributed by atoms with E-state index in [1.54, 1.807) is 11.8 Å². The lowest BCUT2D eigenvalue weighted by molar-refractivity contribution is -0.141. The highest BCUT2D eigenvalue weighted by Gasteiger charge is 2.50. The number of amides is 2. The average Bonchev–Trinajstić information content (AvgIpc) is 3.47. The Hall–Kier alpha value is -1.38. The van der Waals surface area contributed by atoms with E-state index < -0.39 is 0 Å². The SMILES string of the molecule is CCCCCCCCCCCCCCCCCCC1C2C=CC(C2)C1N1C(=O)C=C(C)C1=O. The largest absolute Gasteiger partial charge is 0.271 e. The van der Waals surface area contributed by atoms with Crippen molar-refractivity contribution in [2.24, 2.45) is 17.8 Å². The number of hydrogen-bond acceptors (Lipinski definition) is 2. The predicted octanol–water partition coefficient (Wildman–Crippen LogP) is 8.14. The molecule has 33 heavy (non-hydrogen) atoms. The van der Waals surface area contributed by atoms with Crippen molar-refractivity contribution < 1.29 is 9.59 Å². The van der Waals surface area contributed by atoms with Crippen molar-refractivity contribution in [1.82, 2.24) is 4.90 Å². The second-order valence-corrected chi connectivity index (χ2v) is 11.0. The Bertz CT molecular complexity index is 679. The number of fused-ring (bicyclic) bond motifs is 2. The third-order valence-corrected chi connectivity index (χ3v) is 8.40. The van der Waals surface area contributed by atoms with Gasteiger partial charge >= 0.3 is 0 Å². The molecule has 1 heterocycles. The van der Waals surface area contributed by atoms with Crippen molar-refractivity contribution in [2.45, 2.75) is 135 Å². The molecule has 1 aliphatic heterocycles. The van der Waals surface area contributed by atoms with Crippen LogP contribution in [0.3, 0.4) is 0 Å². The van der Waals surface area contributed by atoms with E-state index >= 15 is 0 Å². The van der Waals surface area contributed by atoms with E-state index in [-0.39, 0.29) is 17.9 Å². The number of unbranched alkanes of at least 4 members (excludes halogenated alkanes) is 15. The molecule has 3 aliphatic rings. The number of carbonyl (C=O) groups is 2. The van der Waals surface area contributed by atoms with Crippen molar-refractivity contribution in [3.63, 3.8) is 0 Å². The van der Waals surface area contributed by atoms with Gasteiger partial charge in [-0.25, -0.2) is 0 Å². The first-order valence-electron chi connectivity index (χ1n) is 14.4. The molecular formula is C30H49NO2. The molecule has 1 saturated carbocycles. The first-order valence-corrected chi connectivity index (χ1v) is 14.4. The molecule has 0 N–H and O–H groups in total. The zero-order valence-electron chi connectivity index (χ0n) is 21.5. The molecule has 2 amide bonds. The minimum atomic E-state index is -0.0829. The molecule has 4 atom stereocenters. The summed E-state index contributed by atoms with van der Waals surface area (Å²) in [4.78, 5) is 26.6. The molecule has 0 aromatic rings. The Morgan fingerprint density at radius 2 is 1.21 bits per heavy atom. The number of carbonyl (C=O) groups excluding carboxylic acids is 2. The van der Waals surface area contributed by atoms with E-state index in [1.165, 1.54) is 109 Å². The van der Waals surface area contributed by atoms with Gasteiger partial charge < -0.3 is 0 Å². The van der Waals surface area contributed by atoms with Gasteiger partial charge in [0.1, 0.15) is 0 Å². The quantitative estimate of drug-likeness (QED) is 0.119. The lowest BCUT2D eigenvalue weighted by Gasteiger charge is -2.34. The minimum absolute atomic E-state index is 0.0528. The van der Waals surface area contributed by atoms with Gasteiger partial charge in [0.25, 0.3) is 11.8 Å². The molecule has 0 aromatic heterocycles. The van der Waals surface area contributed by atoms with Crippen LogP contribution >= 0.6 is 0 Å². The van der Waals surface area contributed by atoms with Crippen molar-refractivity contribution >= 4 is 11.8 Å². The molecule has 1 fully saturated rings. The normalized spacial score (nSPS) is 26.1. The van der Waals surface area contributed by atoms with Crippen LogP contribution < -0.4 is 0 Å². The molecule has 3 heteroatoms. The molecule has 3 rings (SSSR count). The number of nitrogens with zero attached hydrogens (tertiary/aromatic N) is 1. The summed E-state index contributed by atoms with van der Waals surface area (Å²) in [6, 6.07) is 0.102. The number of hydrogen-bond donors (Lipinski definition) is 0. The Kier molecular flexibility index (Phi) is 11.2. The molecule has 0 aromatic carbocycles. The molecule has 0 spiro atoms. The number of allylic oxidation sites excluding steroid dienone is 1. The van der Waals surface area contributed by atoms with Gasteiger partial charge in [-0.15, -0.1) is 0 Å². The van der Waals surface area contributed by atoms with E-state index in [4.69, 9.17) is 0 Å². The summed E-state index contributed by atoms with van der Waals surface area (Å²) in [5.74, 6) is 1.29. The molecule has 0 saturated heterocycles. The highest BCUT2D eigenvalue weighted by Crippen LogP contribution is 2.49. The maximum atomic E-state index is 12.6. The van der Waals surface area contributed by atoms with Crippen molar-refractivity contribution in [3.05, 3.63) is 23.8 Å². The highest BCUT2D eigenvalue weighted by molar-refractivity contribution is 6.16. The fraction of sp³-hybridized carbons (Fsp3) is 0.800. The van der Waals surface area contributed by atoms with Crippen LogP contribution in [0.4, 0.5) is 0 Å². The Balaban J connectivity index is 1.19. The molecule has 2 bridgehead atoms. The van der Waals surface area contributed by atoms with Gasteiger partial charge in [-0.1, -0.05) is 122 Å². The monoisotopic (exact) mass is 455 g/mol. The van der Waals surface area contributed by atoms with Crippen LogP contribution in [0, 0.1) is 17.8 Å². The smallest absolute Gasteiger partial charge is 0.256 e. The molecular weight excluding hydrogens is 406 g/mol. The van der Waals surface area contributed by atoms with Gasteiger partial charge in [0, 0.05) is 17.7 Å². The highest BCUT2D eigenvalue weighted by atomic mass is 16.2. The zero-order chi connectivity index (χ0) is 23.5.